The van der Waals surface area contributed by atoms with Gasteiger partial charge in [0.05, 0.1) is 6.20 Å². The number of carbonyl (C=O) groups is 1. The second kappa shape index (κ2) is 8.52. The number of rotatable bonds is 4. The van der Waals surface area contributed by atoms with Gasteiger partial charge in [-0.2, -0.15) is 10.1 Å². The smallest absolute Gasteiger partial charge is 0.247 e. The average molecular weight is 381 g/mol. The summed E-state index contributed by atoms with van der Waals surface area (Å²) in [6, 6.07) is 10.6. The molecule has 2 aliphatic heterocycles. The van der Waals surface area contributed by atoms with Crippen LogP contribution < -0.4 is 9.80 Å². The topological polar surface area (TPSA) is 68.7 Å². The molecule has 2 aliphatic rings. The molecule has 2 saturated heterocycles. The summed E-state index contributed by atoms with van der Waals surface area (Å²) in [5.74, 6) is 1.67. The highest BCUT2D eigenvalue weighted by molar-refractivity contribution is 5.73. The first kappa shape index (κ1) is 18.6. The molecule has 1 aromatic heterocycles. The van der Waals surface area contributed by atoms with Gasteiger partial charge >= 0.3 is 0 Å². The molecule has 1 aromatic carbocycles. The molecule has 148 valence electrons. The summed E-state index contributed by atoms with van der Waals surface area (Å²) in [5.41, 5.74) is 1.35. The van der Waals surface area contributed by atoms with Gasteiger partial charge in [-0.1, -0.05) is 30.3 Å². The molecule has 0 spiro atoms. The maximum Gasteiger partial charge on any atom is 0.247 e. The Balaban J connectivity index is 1.33. The summed E-state index contributed by atoms with van der Waals surface area (Å²) in [4.78, 5) is 25.0. The molecular formula is C20H27N7O. The minimum absolute atomic E-state index is 0.126. The van der Waals surface area contributed by atoms with Crippen molar-refractivity contribution in [2.24, 2.45) is 0 Å². The van der Waals surface area contributed by atoms with E-state index < -0.39 is 0 Å². The first-order valence-electron chi connectivity index (χ1n) is 9.90. The van der Waals surface area contributed by atoms with Crippen LogP contribution in [0.25, 0.3) is 0 Å². The van der Waals surface area contributed by atoms with E-state index in [1.165, 1.54) is 5.56 Å². The molecule has 0 atom stereocenters. The molecule has 0 radical (unpaired) electrons. The summed E-state index contributed by atoms with van der Waals surface area (Å²) >= 11 is 0. The Morgan fingerprint density at radius 1 is 0.929 bits per heavy atom. The van der Waals surface area contributed by atoms with Crippen molar-refractivity contribution in [3.05, 3.63) is 42.1 Å². The number of benzene rings is 1. The number of hydrogen-bond donors (Lipinski definition) is 0. The minimum Gasteiger partial charge on any atom is -0.353 e. The van der Waals surface area contributed by atoms with Gasteiger partial charge in [-0.05, 0) is 5.56 Å². The van der Waals surface area contributed by atoms with E-state index in [0.717, 1.165) is 51.6 Å². The highest BCUT2D eigenvalue weighted by Crippen LogP contribution is 2.18. The molecule has 1 amide bonds. The summed E-state index contributed by atoms with van der Waals surface area (Å²) < 4.78 is 0. The lowest BCUT2D eigenvalue weighted by Gasteiger charge is -2.36. The Bertz CT molecular complexity index is 784. The van der Waals surface area contributed by atoms with Gasteiger partial charge in [0.15, 0.2) is 5.82 Å². The highest BCUT2D eigenvalue weighted by atomic mass is 16.2. The molecule has 2 fully saturated rings. The number of hydrogen-bond acceptors (Lipinski definition) is 7. The summed E-state index contributed by atoms with van der Waals surface area (Å²) in [6.45, 7) is 9.39. The molecule has 3 heterocycles. The Hall–Kier alpha value is -2.74. The van der Waals surface area contributed by atoms with Crippen LogP contribution in [0.4, 0.5) is 11.8 Å². The van der Waals surface area contributed by atoms with E-state index >= 15 is 0 Å². The molecule has 2 aromatic rings. The monoisotopic (exact) mass is 381 g/mol. The third kappa shape index (κ3) is 4.39. The van der Waals surface area contributed by atoms with Gasteiger partial charge in [-0.3, -0.25) is 9.69 Å². The average Bonchev–Trinajstić information content (AvgIpc) is 2.75. The zero-order valence-corrected chi connectivity index (χ0v) is 16.4. The number of amides is 1. The molecular weight excluding hydrogens is 354 g/mol. The molecule has 0 unspecified atom stereocenters. The fourth-order valence-corrected chi connectivity index (χ4v) is 3.77. The lowest BCUT2D eigenvalue weighted by Crippen LogP contribution is -2.49. The van der Waals surface area contributed by atoms with Crippen molar-refractivity contribution in [2.45, 2.75) is 13.5 Å². The number of carbonyl (C=O) groups excluding carboxylic acids is 1. The standard InChI is InChI=1S/C20H27N7O/c1-17(28)25-11-13-27(14-12-25)20-22-19(15-21-23-20)26-9-7-24(8-10-26)16-18-5-3-2-4-6-18/h2-6,15H,7-14,16H2,1H3. The van der Waals surface area contributed by atoms with Gasteiger partial charge in [0, 0.05) is 65.8 Å². The van der Waals surface area contributed by atoms with Gasteiger partial charge in [0.25, 0.3) is 0 Å². The van der Waals surface area contributed by atoms with E-state index in [0.29, 0.717) is 19.0 Å². The second-order valence-electron chi connectivity index (χ2n) is 7.36. The Morgan fingerprint density at radius 2 is 1.61 bits per heavy atom. The predicted octanol–water partition coefficient (Wildman–Crippen LogP) is 0.862. The van der Waals surface area contributed by atoms with Gasteiger partial charge in [0.2, 0.25) is 11.9 Å². The number of anilines is 2. The summed E-state index contributed by atoms with van der Waals surface area (Å²) in [6.07, 6.45) is 1.75. The van der Waals surface area contributed by atoms with Crippen LogP contribution in [-0.4, -0.2) is 83.2 Å². The molecule has 8 nitrogen and oxygen atoms in total. The quantitative estimate of drug-likeness (QED) is 0.778. The lowest BCUT2D eigenvalue weighted by molar-refractivity contribution is -0.129. The van der Waals surface area contributed by atoms with Crippen LogP contribution in [-0.2, 0) is 11.3 Å². The van der Waals surface area contributed by atoms with E-state index in [-0.39, 0.29) is 5.91 Å². The molecule has 8 heteroatoms. The van der Waals surface area contributed by atoms with E-state index in [4.69, 9.17) is 4.98 Å². The predicted molar refractivity (Wildman–Crippen MR) is 108 cm³/mol. The Kier molecular flexibility index (Phi) is 5.66. The summed E-state index contributed by atoms with van der Waals surface area (Å²) in [7, 11) is 0. The van der Waals surface area contributed by atoms with E-state index in [2.05, 4.69) is 55.2 Å². The normalized spacial score (nSPS) is 18.4. The van der Waals surface area contributed by atoms with Gasteiger partial charge < -0.3 is 14.7 Å². The van der Waals surface area contributed by atoms with Crippen molar-refractivity contribution in [3.8, 4) is 0 Å². The van der Waals surface area contributed by atoms with Gasteiger partial charge in [0.1, 0.15) is 0 Å². The minimum atomic E-state index is 0.126. The molecule has 4 rings (SSSR count). The highest BCUT2D eigenvalue weighted by Gasteiger charge is 2.23. The zero-order chi connectivity index (χ0) is 19.3. The van der Waals surface area contributed by atoms with Crippen LogP contribution in [0.3, 0.4) is 0 Å². The number of nitrogens with zero attached hydrogens (tertiary/aromatic N) is 7. The fourth-order valence-electron chi connectivity index (χ4n) is 3.77. The molecule has 0 aliphatic carbocycles. The van der Waals surface area contributed by atoms with Crippen molar-refractivity contribution in [2.75, 3.05) is 62.2 Å². The molecule has 0 bridgehead atoms. The van der Waals surface area contributed by atoms with E-state index in [1.54, 1.807) is 13.1 Å². The van der Waals surface area contributed by atoms with Crippen LogP contribution in [0.2, 0.25) is 0 Å². The van der Waals surface area contributed by atoms with Crippen LogP contribution in [0.5, 0.6) is 0 Å². The fraction of sp³-hybridized carbons (Fsp3) is 0.500. The largest absolute Gasteiger partial charge is 0.353 e. The van der Waals surface area contributed by atoms with Crippen LogP contribution in [0.1, 0.15) is 12.5 Å². The van der Waals surface area contributed by atoms with Gasteiger partial charge in [-0.25, -0.2) is 0 Å². The van der Waals surface area contributed by atoms with Crippen molar-refractivity contribution in [1.29, 1.82) is 0 Å². The SMILES string of the molecule is CC(=O)N1CCN(c2nncc(N3CCN(Cc4ccccc4)CC3)n2)CC1. The Labute approximate surface area is 165 Å². The Morgan fingerprint density at radius 3 is 2.29 bits per heavy atom. The maximum atomic E-state index is 11.5. The van der Waals surface area contributed by atoms with Crippen LogP contribution in [0.15, 0.2) is 36.5 Å². The van der Waals surface area contributed by atoms with Crippen molar-refractivity contribution >= 4 is 17.7 Å². The molecule has 0 saturated carbocycles. The van der Waals surface area contributed by atoms with E-state index in [9.17, 15) is 4.79 Å². The summed E-state index contributed by atoms with van der Waals surface area (Å²) in [5, 5.41) is 8.41. The third-order valence-electron chi connectivity index (χ3n) is 5.49. The van der Waals surface area contributed by atoms with Gasteiger partial charge in [-0.15, -0.1) is 5.10 Å². The first-order valence-corrected chi connectivity index (χ1v) is 9.90. The zero-order valence-electron chi connectivity index (χ0n) is 16.4. The molecule has 0 N–H and O–H groups in total. The maximum absolute atomic E-state index is 11.5. The first-order chi connectivity index (χ1) is 13.7. The van der Waals surface area contributed by atoms with Crippen molar-refractivity contribution < 1.29 is 4.79 Å². The molecule has 28 heavy (non-hydrogen) atoms. The number of aromatic nitrogens is 3. The van der Waals surface area contributed by atoms with Crippen molar-refractivity contribution in [3.63, 3.8) is 0 Å². The third-order valence-corrected chi connectivity index (χ3v) is 5.49. The van der Waals surface area contributed by atoms with Crippen LogP contribution in [0, 0.1) is 0 Å². The van der Waals surface area contributed by atoms with Crippen LogP contribution >= 0.6 is 0 Å². The lowest BCUT2D eigenvalue weighted by atomic mass is 10.2. The van der Waals surface area contributed by atoms with Crippen molar-refractivity contribution in [1.82, 2.24) is 25.0 Å². The number of piperazine rings is 2. The second-order valence-corrected chi connectivity index (χ2v) is 7.36. The van der Waals surface area contributed by atoms with E-state index in [1.807, 2.05) is 4.90 Å².